The van der Waals surface area contributed by atoms with Gasteiger partial charge in [0, 0.05) is 103 Å². The summed E-state index contributed by atoms with van der Waals surface area (Å²) in [5.41, 5.74) is 11.7. The Labute approximate surface area is 655 Å². The first-order valence-corrected chi connectivity index (χ1v) is 38.9. The number of aliphatic carboxylic acids is 1. The van der Waals surface area contributed by atoms with Gasteiger partial charge in [0.05, 0.1) is 18.6 Å². The number of imide groups is 1. The second-order valence-corrected chi connectivity index (χ2v) is 29.4. The van der Waals surface area contributed by atoms with Crippen molar-refractivity contribution in [2.24, 2.45) is 17.6 Å². The second-order valence-electron chi connectivity index (χ2n) is 28.7. The lowest BCUT2D eigenvalue weighted by atomic mass is 9.72. The lowest BCUT2D eigenvalue weighted by Crippen LogP contribution is -2.61. The largest absolute Gasteiger partial charge is 0.508 e. The molecular formula is C80H103N15O14S2. The number of aliphatic hydroxyl groups excluding tert-OH is 1. The average molecular weight is 1560 g/mol. The Hall–Kier alpha value is -10.3. The summed E-state index contributed by atoms with van der Waals surface area (Å²) in [4.78, 5) is 166. The number of H-pyrrole nitrogens is 2. The van der Waals surface area contributed by atoms with Crippen molar-refractivity contribution in [1.82, 2.24) is 72.9 Å². The molecule has 1 aliphatic carbocycles. The van der Waals surface area contributed by atoms with E-state index in [1.807, 2.05) is 66.7 Å². The number of fused-ring (bicyclic) bond motifs is 4. The molecule has 12 atom stereocenters. The summed E-state index contributed by atoms with van der Waals surface area (Å²) in [6, 6.07) is 20.4. The van der Waals surface area contributed by atoms with Crippen LogP contribution < -0.4 is 58.9 Å². The number of carboxylic acids is 1. The SMILES string of the molecule is C=CCN1C[C@H](C(=O)N(CCCNCC(=O)N[C@H](Cc2ccc3ccccc3c2)C(=O)N[C@@H](CS)C(=O)N[C@@H](Cc2ccc(O)cc2)C(=O)N[C@H](Cc2c[nH]c3ccccc23)C(=O)N[C@@H](CCCCN)C(=O)N[C@H](C(=O)N[C@@H](CS)C(=O)N[C@H](C(=O)O)[C@@H](C)O)C(C)C)C(=O)NCC)CC2c3cccc4[nH]cc(c34)CC21. The van der Waals surface area contributed by atoms with Crippen molar-refractivity contribution in [2.45, 2.75) is 152 Å². The monoisotopic (exact) mass is 1560 g/mol. The number of benzene rings is 5. The fourth-order valence-electron chi connectivity index (χ4n) is 14.5. The molecule has 111 heavy (non-hydrogen) atoms. The smallest absolute Gasteiger partial charge is 0.328 e. The van der Waals surface area contributed by atoms with E-state index in [1.54, 1.807) is 39.1 Å². The van der Waals surface area contributed by atoms with Crippen LogP contribution in [0.1, 0.15) is 93.5 Å². The van der Waals surface area contributed by atoms with Gasteiger partial charge in [-0.15, -0.1) is 6.58 Å². The number of aromatic nitrogens is 2. The van der Waals surface area contributed by atoms with Crippen molar-refractivity contribution in [2.75, 3.05) is 57.3 Å². The van der Waals surface area contributed by atoms with Gasteiger partial charge in [-0.1, -0.05) is 105 Å². The van der Waals surface area contributed by atoms with Gasteiger partial charge in [-0.25, -0.2) is 9.59 Å². The van der Waals surface area contributed by atoms with Crippen molar-refractivity contribution >= 4 is 123 Å². The third-order valence-corrected chi connectivity index (χ3v) is 21.0. The van der Waals surface area contributed by atoms with Crippen LogP contribution in [0.15, 0.2) is 134 Å². The topological polar surface area (TPSA) is 433 Å². The van der Waals surface area contributed by atoms with Crippen LogP contribution in [0.2, 0.25) is 0 Å². The van der Waals surface area contributed by atoms with Crippen LogP contribution in [-0.2, 0) is 73.6 Å². The molecule has 1 saturated heterocycles. The Morgan fingerprint density at radius 1 is 0.649 bits per heavy atom. The van der Waals surface area contributed by atoms with Crippen molar-refractivity contribution in [1.29, 1.82) is 0 Å². The van der Waals surface area contributed by atoms with E-state index in [2.05, 4.69) is 118 Å². The number of phenols is 1. The lowest BCUT2D eigenvalue weighted by Gasteiger charge is -2.47. The first-order valence-electron chi connectivity index (χ1n) is 37.6. The molecule has 2 unspecified atom stereocenters. The number of carboxylic acid groups (broad SMARTS) is 1. The number of rotatable bonds is 40. The molecule has 0 spiro atoms. The summed E-state index contributed by atoms with van der Waals surface area (Å²) in [6.45, 7) is 11.7. The molecule has 1 fully saturated rings. The molecule has 17 N–H and O–H groups in total. The molecule has 3 heterocycles. The number of aliphatic hydroxyl groups is 1. The van der Waals surface area contributed by atoms with Crippen LogP contribution in [0.4, 0.5) is 4.79 Å². The summed E-state index contributed by atoms with van der Waals surface area (Å²) in [6.07, 6.45) is 5.96. The van der Waals surface area contributed by atoms with Gasteiger partial charge < -0.3 is 84.2 Å². The van der Waals surface area contributed by atoms with E-state index in [0.717, 1.165) is 22.7 Å². The summed E-state index contributed by atoms with van der Waals surface area (Å²) >= 11 is 8.69. The molecule has 9 rings (SSSR count). The van der Waals surface area contributed by atoms with Gasteiger partial charge in [0.15, 0.2) is 6.04 Å². The fraction of sp³-hybridized carbons (Fsp3) is 0.438. The minimum Gasteiger partial charge on any atom is -0.508 e. The zero-order chi connectivity index (χ0) is 80.0. The number of nitrogens with one attached hydrogen (secondary N) is 12. The highest BCUT2D eigenvalue weighted by molar-refractivity contribution is 7.80. The number of unbranched alkanes of at least 4 members (excludes halogenated alkanes) is 1. The van der Waals surface area contributed by atoms with Crippen LogP contribution in [0.5, 0.6) is 5.75 Å². The van der Waals surface area contributed by atoms with Gasteiger partial charge in [-0.2, -0.15) is 25.3 Å². The van der Waals surface area contributed by atoms with E-state index in [9.17, 15) is 58.5 Å². The summed E-state index contributed by atoms with van der Waals surface area (Å²) < 4.78 is 0. The Balaban J connectivity index is 0.899. The molecule has 11 amide bonds. The van der Waals surface area contributed by atoms with Crippen molar-refractivity contribution in [3.63, 3.8) is 0 Å². The quantitative estimate of drug-likeness (QED) is 0.0149. The number of aromatic amines is 2. The van der Waals surface area contributed by atoms with Crippen LogP contribution in [0, 0.1) is 11.8 Å². The minimum atomic E-state index is -1.71. The first kappa shape index (κ1) is 84.7. The minimum absolute atomic E-state index is 0.00948. The maximum Gasteiger partial charge on any atom is 0.328 e. The van der Waals surface area contributed by atoms with Crippen LogP contribution in [-0.4, -0.2) is 218 Å². The summed E-state index contributed by atoms with van der Waals surface area (Å²) in [5, 5.41) is 60.8. The van der Waals surface area contributed by atoms with Gasteiger partial charge in [0.25, 0.3) is 0 Å². The molecule has 5 aromatic carbocycles. The zero-order valence-corrected chi connectivity index (χ0v) is 64.6. The van der Waals surface area contributed by atoms with Gasteiger partial charge in [-0.3, -0.25) is 53.0 Å². The van der Waals surface area contributed by atoms with Gasteiger partial charge in [0.1, 0.15) is 48.0 Å². The van der Waals surface area contributed by atoms with Crippen molar-refractivity contribution in [3.05, 3.63) is 162 Å². The standard InChI is InChI=1S/C80H103N15O14S2/c1-6-31-94-42-53(36-57-56-19-14-22-59-68(56)52(40-85-59)38-66(57)94)78(106)95(80(109)83-7-2)32-15-30-82-41-67(98)86-61(35-48-23-26-49-16-8-9-17-50(49)33-48)72(100)90-64(43-110)75(103)88-62(34-47-24-27-54(97)28-25-47)73(101)89-63(37-51-39-84-58-20-11-10-18-55(51)58)74(102)87-60(21-12-13-29-81)71(99)92-69(45(3)4)77(105)91-65(44-111)76(104)93-70(46(5)96)79(107)108/h6,8-11,14,16-20,22-28,33,39-40,45-46,53,57,60-66,69-70,82,84-85,96-97,110-111H,1,7,12-13,15,21,29-32,34-38,41-44,81H2,2-5H3,(H,83,109)(H,86,98)(H,87,102)(H,88,103)(H,89,101)(H,90,100)(H,91,105)(H,92,99)(H,93,104)(H,107,108)/t46-,53-,57?,60+,61-,62+,63-,64+,65+,66?,69+,70+/m1/s1. The number of amides is 11. The molecular weight excluding hydrogens is 1460 g/mol. The van der Waals surface area contributed by atoms with E-state index < -0.39 is 126 Å². The van der Waals surface area contributed by atoms with Gasteiger partial charge in [-0.05, 0) is 134 Å². The van der Waals surface area contributed by atoms with Gasteiger partial charge in [0.2, 0.25) is 53.2 Å². The van der Waals surface area contributed by atoms with Crippen LogP contribution >= 0.6 is 25.3 Å². The molecule has 2 aliphatic rings. The number of likely N-dealkylation sites (tertiary alicyclic amines) is 1. The number of piperidine rings is 1. The van der Waals surface area contributed by atoms with E-state index in [4.69, 9.17) is 5.73 Å². The predicted molar refractivity (Wildman–Crippen MR) is 428 cm³/mol. The number of nitrogens with two attached hydrogens (primary N) is 1. The molecule has 7 aromatic rings. The molecule has 0 bridgehead atoms. The average Bonchev–Trinajstić information content (AvgIpc) is 1.68. The normalized spacial score (nSPS) is 17.1. The Bertz CT molecular complexity index is 4460. The highest BCUT2D eigenvalue weighted by Crippen LogP contribution is 2.45. The van der Waals surface area contributed by atoms with E-state index in [1.165, 1.54) is 52.6 Å². The zero-order valence-electron chi connectivity index (χ0n) is 62.8. The van der Waals surface area contributed by atoms with Gasteiger partial charge >= 0.3 is 12.0 Å². The highest BCUT2D eigenvalue weighted by Gasteiger charge is 2.45. The third kappa shape index (κ3) is 22.5. The van der Waals surface area contributed by atoms with E-state index >= 15 is 9.59 Å². The Morgan fingerprint density at radius 3 is 1.90 bits per heavy atom. The Morgan fingerprint density at radius 2 is 1.23 bits per heavy atom. The van der Waals surface area contributed by atoms with Crippen LogP contribution in [0.25, 0.3) is 32.6 Å². The number of phenolic OH excluding ortho intramolecular Hbond substituents is 1. The molecule has 2 aromatic heterocycles. The number of para-hydroxylation sites is 1. The Kier molecular flexibility index (Phi) is 31.0. The number of aromatic hydroxyl groups is 1. The summed E-state index contributed by atoms with van der Waals surface area (Å²) in [7, 11) is 0. The molecule has 0 radical (unpaired) electrons. The highest BCUT2D eigenvalue weighted by atomic mass is 32.1. The number of carbonyl (C=O) groups is 11. The first-order chi connectivity index (χ1) is 53.3. The number of hydrogen-bond acceptors (Lipinski definition) is 18. The fourth-order valence-corrected chi connectivity index (χ4v) is 15.0. The number of hydrogen-bond donors (Lipinski definition) is 18. The summed E-state index contributed by atoms with van der Waals surface area (Å²) in [5.74, 6) is -10.3. The maximum absolute atomic E-state index is 15.2. The van der Waals surface area contributed by atoms with E-state index in [-0.39, 0.29) is 93.4 Å². The molecule has 594 valence electrons. The lowest BCUT2D eigenvalue weighted by molar-refractivity contribution is -0.145. The second kappa shape index (κ2) is 40.6. The number of urea groups is 1. The number of carbonyl (C=O) groups excluding carboxylic acids is 10. The maximum atomic E-state index is 15.2. The molecule has 0 saturated carbocycles. The molecule has 1 aliphatic heterocycles. The molecule has 29 nitrogen and oxygen atoms in total. The third-order valence-electron chi connectivity index (χ3n) is 20.3. The van der Waals surface area contributed by atoms with Crippen molar-refractivity contribution < 1.29 is 68.1 Å². The molecule has 31 heteroatoms. The van der Waals surface area contributed by atoms with E-state index in [0.29, 0.717) is 66.5 Å². The van der Waals surface area contributed by atoms with Crippen LogP contribution in [0.3, 0.4) is 0 Å². The van der Waals surface area contributed by atoms with Crippen molar-refractivity contribution in [3.8, 4) is 5.75 Å². The number of nitrogens with zero attached hydrogens (tertiary/aromatic N) is 2. The predicted octanol–water partition coefficient (Wildman–Crippen LogP) is 3.28. The number of thiol groups is 2.